The summed E-state index contributed by atoms with van der Waals surface area (Å²) in [4.78, 5) is 1.27. The molecule has 16 heavy (non-hydrogen) atoms. The highest BCUT2D eigenvalue weighted by Crippen LogP contribution is 2.30. The number of hydrogen-bond donors (Lipinski definition) is 1. The Morgan fingerprint density at radius 1 is 1.19 bits per heavy atom. The van der Waals surface area contributed by atoms with Gasteiger partial charge in [-0.3, -0.25) is 0 Å². The maximum Gasteiger partial charge on any atom is 0.0659 e. The number of halogens is 1. The summed E-state index contributed by atoms with van der Waals surface area (Å²) in [5.41, 5.74) is 10.1. The van der Waals surface area contributed by atoms with E-state index in [0.29, 0.717) is 0 Å². The minimum absolute atomic E-state index is 0.00630. The number of rotatable bonds is 2. The van der Waals surface area contributed by atoms with Crippen molar-refractivity contribution in [3.8, 4) is 0 Å². The summed E-state index contributed by atoms with van der Waals surface area (Å²) >= 11 is 4.12. The first-order chi connectivity index (χ1) is 7.61. The number of aryl methyl sites for hydroxylation is 2. The van der Waals surface area contributed by atoms with Crippen LogP contribution < -0.4 is 5.73 Å². The number of hydrogen-bond acceptors (Lipinski definition) is 2. The molecule has 84 valence electrons. The van der Waals surface area contributed by atoms with Crippen molar-refractivity contribution in [1.82, 2.24) is 0 Å². The molecule has 0 saturated carbocycles. The molecule has 1 unspecified atom stereocenters. The molecule has 0 radical (unpaired) electrons. The van der Waals surface area contributed by atoms with Crippen LogP contribution in [0, 0.1) is 17.4 Å². The fraction of sp³-hybridized carbons (Fsp3) is 0.231. The van der Waals surface area contributed by atoms with Crippen LogP contribution in [0.4, 0.5) is 0 Å². The summed E-state index contributed by atoms with van der Waals surface area (Å²) in [5, 5.41) is 2.10. The smallest absolute Gasteiger partial charge is 0.0659 e. The predicted octanol–water partition coefficient (Wildman–Crippen LogP) is 4.02. The molecule has 0 aliphatic heterocycles. The van der Waals surface area contributed by atoms with E-state index >= 15 is 0 Å². The first kappa shape index (κ1) is 12.1. The molecule has 0 bridgehead atoms. The van der Waals surface area contributed by atoms with Gasteiger partial charge in [0.1, 0.15) is 0 Å². The first-order valence-corrected chi connectivity index (χ1v) is 7.11. The van der Waals surface area contributed by atoms with Crippen LogP contribution in [-0.4, -0.2) is 0 Å². The van der Waals surface area contributed by atoms with Gasteiger partial charge in [0.05, 0.1) is 6.04 Å². The lowest BCUT2D eigenvalue weighted by Gasteiger charge is -2.15. The monoisotopic (exact) mass is 343 g/mol. The van der Waals surface area contributed by atoms with Gasteiger partial charge in [-0.1, -0.05) is 18.2 Å². The number of benzene rings is 1. The Hall–Kier alpha value is -0.390. The zero-order valence-electron chi connectivity index (χ0n) is 9.33. The van der Waals surface area contributed by atoms with Crippen molar-refractivity contribution >= 4 is 33.9 Å². The summed E-state index contributed by atoms with van der Waals surface area (Å²) in [6.07, 6.45) is 0. The molecule has 0 spiro atoms. The molecule has 1 aromatic carbocycles. The topological polar surface area (TPSA) is 26.0 Å². The molecule has 1 heterocycles. The Morgan fingerprint density at radius 2 is 1.94 bits per heavy atom. The Balaban J connectivity index is 2.46. The lowest BCUT2D eigenvalue weighted by Crippen LogP contribution is -2.13. The molecule has 2 rings (SSSR count). The van der Waals surface area contributed by atoms with Crippen LogP contribution in [0.5, 0.6) is 0 Å². The lowest BCUT2D eigenvalue weighted by atomic mass is 10.0. The second-order valence-electron chi connectivity index (χ2n) is 3.92. The van der Waals surface area contributed by atoms with Gasteiger partial charge in [0.15, 0.2) is 0 Å². The van der Waals surface area contributed by atoms with Crippen LogP contribution >= 0.6 is 33.9 Å². The predicted molar refractivity (Wildman–Crippen MR) is 79.0 cm³/mol. The Labute approximate surface area is 114 Å². The summed E-state index contributed by atoms with van der Waals surface area (Å²) in [7, 11) is 0. The second kappa shape index (κ2) is 4.85. The van der Waals surface area contributed by atoms with Crippen LogP contribution in [-0.2, 0) is 0 Å². The van der Waals surface area contributed by atoms with E-state index < -0.39 is 0 Å². The number of nitrogens with two attached hydrogens (primary N) is 1. The van der Waals surface area contributed by atoms with Gasteiger partial charge in [0.25, 0.3) is 0 Å². The Kier molecular flexibility index (Phi) is 3.66. The highest BCUT2D eigenvalue weighted by Gasteiger charge is 2.15. The van der Waals surface area contributed by atoms with Crippen LogP contribution in [0.2, 0.25) is 0 Å². The third kappa shape index (κ3) is 2.17. The summed E-state index contributed by atoms with van der Waals surface area (Å²) in [6, 6.07) is 8.46. The molecule has 1 atom stereocenters. The molecule has 0 fully saturated rings. The van der Waals surface area contributed by atoms with Gasteiger partial charge in [-0.25, -0.2) is 0 Å². The van der Waals surface area contributed by atoms with Gasteiger partial charge in [0.2, 0.25) is 0 Å². The Bertz CT molecular complexity index is 504. The summed E-state index contributed by atoms with van der Waals surface area (Å²) < 4.78 is 1.28. The highest BCUT2D eigenvalue weighted by atomic mass is 127. The summed E-state index contributed by atoms with van der Waals surface area (Å²) in [5.74, 6) is 0. The van der Waals surface area contributed by atoms with Gasteiger partial charge >= 0.3 is 0 Å². The lowest BCUT2D eigenvalue weighted by molar-refractivity contribution is 0.876. The third-order valence-corrected chi connectivity index (χ3v) is 5.32. The molecule has 0 aliphatic carbocycles. The maximum atomic E-state index is 6.34. The average molecular weight is 343 g/mol. The fourth-order valence-corrected chi connectivity index (χ4v) is 3.40. The fourth-order valence-electron chi connectivity index (χ4n) is 1.75. The minimum atomic E-state index is 0.00630. The normalized spacial score (nSPS) is 12.8. The van der Waals surface area contributed by atoms with E-state index in [1.807, 2.05) is 0 Å². The molecule has 3 heteroatoms. The summed E-state index contributed by atoms with van der Waals surface area (Å²) in [6.45, 7) is 4.24. The highest BCUT2D eigenvalue weighted by molar-refractivity contribution is 14.1. The van der Waals surface area contributed by atoms with Crippen molar-refractivity contribution in [3.05, 3.63) is 54.8 Å². The van der Waals surface area contributed by atoms with Crippen LogP contribution in [0.25, 0.3) is 0 Å². The van der Waals surface area contributed by atoms with Gasteiger partial charge < -0.3 is 5.73 Å². The van der Waals surface area contributed by atoms with E-state index in [4.69, 9.17) is 5.73 Å². The molecule has 2 aromatic rings. The van der Waals surface area contributed by atoms with Crippen molar-refractivity contribution in [3.63, 3.8) is 0 Å². The zero-order chi connectivity index (χ0) is 11.7. The Morgan fingerprint density at radius 3 is 2.56 bits per heavy atom. The zero-order valence-corrected chi connectivity index (χ0v) is 12.3. The van der Waals surface area contributed by atoms with Crippen LogP contribution in [0.15, 0.2) is 29.6 Å². The maximum absolute atomic E-state index is 6.34. The van der Waals surface area contributed by atoms with E-state index in [1.165, 1.54) is 25.1 Å². The quantitative estimate of drug-likeness (QED) is 0.819. The van der Waals surface area contributed by atoms with Crippen molar-refractivity contribution in [1.29, 1.82) is 0 Å². The van der Waals surface area contributed by atoms with Crippen molar-refractivity contribution in [2.75, 3.05) is 0 Å². The molecule has 2 N–H and O–H groups in total. The SMILES string of the molecule is Cc1ccsc1C(N)c1cccc(C)c1I. The second-order valence-corrected chi connectivity index (χ2v) is 5.95. The molecular formula is C13H14INS. The van der Waals surface area contributed by atoms with E-state index in [1.54, 1.807) is 11.3 Å². The van der Waals surface area contributed by atoms with E-state index in [-0.39, 0.29) is 6.04 Å². The largest absolute Gasteiger partial charge is 0.320 e. The van der Waals surface area contributed by atoms with Crippen molar-refractivity contribution in [2.45, 2.75) is 19.9 Å². The van der Waals surface area contributed by atoms with Gasteiger partial charge in [-0.2, -0.15) is 0 Å². The van der Waals surface area contributed by atoms with E-state index in [0.717, 1.165) is 0 Å². The molecular weight excluding hydrogens is 329 g/mol. The van der Waals surface area contributed by atoms with E-state index in [2.05, 4.69) is 66.1 Å². The van der Waals surface area contributed by atoms with Gasteiger partial charge in [-0.05, 0) is 64.6 Å². The molecule has 1 nitrogen and oxygen atoms in total. The van der Waals surface area contributed by atoms with E-state index in [9.17, 15) is 0 Å². The van der Waals surface area contributed by atoms with Crippen molar-refractivity contribution in [2.24, 2.45) is 5.73 Å². The average Bonchev–Trinajstić information content (AvgIpc) is 2.68. The van der Waals surface area contributed by atoms with Gasteiger partial charge in [0, 0.05) is 8.45 Å². The molecule has 0 aliphatic rings. The minimum Gasteiger partial charge on any atom is -0.320 e. The first-order valence-electron chi connectivity index (χ1n) is 5.16. The standard InChI is InChI=1S/C13H14INS/c1-8-4-3-5-10(11(8)14)12(15)13-9(2)6-7-16-13/h3-7,12H,15H2,1-2H3. The van der Waals surface area contributed by atoms with Gasteiger partial charge in [-0.15, -0.1) is 11.3 Å². The number of thiophene rings is 1. The molecule has 1 aromatic heterocycles. The van der Waals surface area contributed by atoms with Crippen LogP contribution in [0.1, 0.15) is 27.6 Å². The van der Waals surface area contributed by atoms with Crippen molar-refractivity contribution < 1.29 is 0 Å². The molecule has 0 saturated heterocycles. The molecule has 0 amide bonds. The third-order valence-electron chi connectivity index (χ3n) is 2.74. The van der Waals surface area contributed by atoms with Crippen LogP contribution in [0.3, 0.4) is 0 Å².